The molecule has 0 radical (unpaired) electrons. The topological polar surface area (TPSA) is 81.9 Å². The fraction of sp³-hybridized carbons (Fsp3) is 0.200. The number of aromatic nitrogens is 3. The zero-order chi connectivity index (χ0) is 28.9. The monoisotopic (exact) mass is 577 g/mol. The number of pyridine rings is 1. The lowest BCUT2D eigenvalue weighted by Crippen LogP contribution is -2.05. The van der Waals surface area contributed by atoms with Crippen molar-refractivity contribution in [2.75, 3.05) is 30.0 Å². The van der Waals surface area contributed by atoms with Gasteiger partial charge in [-0.05, 0) is 55.5 Å². The van der Waals surface area contributed by atoms with Gasteiger partial charge in [-0.3, -0.25) is 4.40 Å². The Bertz CT molecular complexity index is 1700. The second kappa shape index (κ2) is 12.3. The first-order chi connectivity index (χ1) is 19.9. The fourth-order valence-electron chi connectivity index (χ4n) is 4.31. The average molecular weight is 578 g/mol. The van der Waals surface area contributed by atoms with Crippen LogP contribution in [0.3, 0.4) is 0 Å². The van der Waals surface area contributed by atoms with Crippen LogP contribution in [0.5, 0.6) is 23.0 Å². The van der Waals surface area contributed by atoms with Gasteiger partial charge in [0.1, 0.15) is 28.9 Å². The van der Waals surface area contributed by atoms with Crippen LogP contribution in [0.1, 0.15) is 18.3 Å². The third-order valence-corrected chi connectivity index (χ3v) is 7.05. The van der Waals surface area contributed by atoms with Crippen LogP contribution >= 0.6 is 11.9 Å². The summed E-state index contributed by atoms with van der Waals surface area (Å²) in [7, 11) is 3.22. The second-order valence-corrected chi connectivity index (χ2v) is 10.1. The summed E-state index contributed by atoms with van der Waals surface area (Å²) in [6, 6.07) is 16.3. The Kier molecular flexibility index (Phi) is 8.44. The molecule has 2 N–H and O–H groups in total. The highest BCUT2D eigenvalue weighted by Crippen LogP contribution is 2.39. The van der Waals surface area contributed by atoms with Gasteiger partial charge in [-0.1, -0.05) is 18.9 Å². The quantitative estimate of drug-likeness (QED) is 0.156. The van der Waals surface area contributed by atoms with Crippen LogP contribution in [-0.4, -0.2) is 34.6 Å². The standard InChI is InChI=1S/C30H29F2N5O3S/c1-5-41-36-22-8-11-27(40-28-10-7-21(31)13-25(28)32)24(14-22)20-12-26(30-35-34-18(2)37(30)17-20)33-16-19-6-9-23(38-3)15-29(19)39-4/h6-15,17,33,36H,5,16H2,1-4H3. The molecule has 3 aromatic carbocycles. The maximum absolute atomic E-state index is 14.5. The number of aryl methyl sites for hydroxylation is 1. The lowest BCUT2D eigenvalue weighted by Gasteiger charge is -2.17. The van der Waals surface area contributed by atoms with E-state index < -0.39 is 11.6 Å². The molecule has 0 fully saturated rings. The number of nitrogens with zero attached hydrogens (tertiary/aromatic N) is 3. The van der Waals surface area contributed by atoms with Crippen molar-refractivity contribution in [3.8, 4) is 34.1 Å². The van der Waals surface area contributed by atoms with Gasteiger partial charge in [0.05, 0.1) is 19.9 Å². The van der Waals surface area contributed by atoms with Gasteiger partial charge in [0, 0.05) is 53.0 Å². The highest BCUT2D eigenvalue weighted by atomic mass is 32.2. The van der Waals surface area contributed by atoms with E-state index in [0.717, 1.165) is 40.4 Å². The summed E-state index contributed by atoms with van der Waals surface area (Å²) in [5.74, 6) is 1.79. The third-order valence-electron chi connectivity index (χ3n) is 6.38. The van der Waals surface area contributed by atoms with Gasteiger partial charge in [0.15, 0.2) is 17.2 Å². The molecule has 0 saturated heterocycles. The minimum atomic E-state index is -0.791. The number of hydrogen-bond acceptors (Lipinski definition) is 8. The van der Waals surface area contributed by atoms with Gasteiger partial charge in [-0.15, -0.1) is 10.2 Å². The van der Waals surface area contributed by atoms with E-state index in [1.807, 2.05) is 60.8 Å². The van der Waals surface area contributed by atoms with E-state index >= 15 is 0 Å². The van der Waals surface area contributed by atoms with Crippen LogP contribution in [0, 0.1) is 18.6 Å². The van der Waals surface area contributed by atoms with E-state index in [2.05, 4.69) is 20.2 Å². The number of benzene rings is 3. The summed E-state index contributed by atoms with van der Waals surface area (Å²) in [5, 5.41) is 12.1. The van der Waals surface area contributed by atoms with E-state index in [0.29, 0.717) is 40.8 Å². The zero-order valence-corrected chi connectivity index (χ0v) is 23.8. The minimum Gasteiger partial charge on any atom is -0.497 e. The molecule has 212 valence electrons. The molecule has 0 bridgehead atoms. The predicted molar refractivity (Wildman–Crippen MR) is 158 cm³/mol. The number of halogens is 2. The number of fused-ring (bicyclic) bond motifs is 1. The van der Waals surface area contributed by atoms with Crippen LogP contribution in [0.25, 0.3) is 16.8 Å². The fourth-order valence-corrected chi connectivity index (χ4v) is 4.75. The number of anilines is 2. The van der Waals surface area contributed by atoms with Gasteiger partial charge in [0.2, 0.25) is 0 Å². The van der Waals surface area contributed by atoms with E-state index in [-0.39, 0.29) is 5.75 Å². The summed E-state index contributed by atoms with van der Waals surface area (Å²) >= 11 is 1.55. The van der Waals surface area contributed by atoms with Gasteiger partial charge < -0.3 is 24.2 Å². The molecule has 0 aliphatic carbocycles. The van der Waals surface area contributed by atoms with Gasteiger partial charge in [0.25, 0.3) is 0 Å². The first-order valence-electron chi connectivity index (χ1n) is 12.9. The summed E-state index contributed by atoms with van der Waals surface area (Å²) in [6.07, 6.45) is 1.91. The Morgan fingerprint density at radius 3 is 2.49 bits per heavy atom. The average Bonchev–Trinajstić information content (AvgIpc) is 3.37. The Hall–Kier alpha value is -4.51. The molecule has 2 aromatic heterocycles. The molecule has 11 heteroatoms. The number of ether oxygens (including phenoxy) is 3. The molecule has 0 spiro atoms. The maximum atomic E-state index is 14.5. The zero-order valence-electron chi connectivity index (χ0n) is 23.0. The predicted octanol–water partition coefficient (Wildman–Crippen LogP) is 7.48. The molecule has 0 saturated carbocycles. The highest BCUT2D eigenvalue weighted by Gasteiger charge is 2.17. The number of hydrogen-bond donors (Lipinski definition) is 2. The molecular weight excluding hydrogens is 548 g/mol. The number of methoxy groups -OCH3 is 2. The summed E-state index contributed by atoms with van der Waals surface area (Å²) in [4.78, 5) is 0. The highest BCUT2D eigenvalue weighted by molar-refractivity contribution is 8.00. The molecule has 0 amide bonds. The molecule has 5 rings (SSSR count). The van der Waals surface area contributed by atoms with Crippen molar-refractivity contribution >= 4 is 29.0 Å². The van der Waals surface area contributed by atoms with Crippen molar-refractivity contribution in [3.05, 3.63) is 89.9 Å². The van der Waals surface area contributed by atoms with Crippen LogP contribution in [-0.2, 0) is 6.54 Å². The molecule has 41 heavy (non-hydrogen) atoms. The molecule has 8 nitrogen and oxygen atoms in total. The molecule has 5 aromatic rings. The van der Waals surface area contributed by atoms with Crippen molar-refractivity contribution < 1.29 is 23.0 Å². The van der Waals surface area contributed by atoms with E-state index in [1.165, 1.54) is 6.07 Å². The Morgan fingerprint density at radius 1 is 0.902 bits per heavy atom. The number of rotatable bonds is 11. The second-order valence-electron chi connectivity index (χ2n) is 9.04. The SMILES string of the molecule is CCSNc1ccc(Oc2ccc(F)cc2F)c(-c2cc(NCc3ccc(OC)cc3OC)c3nnc(C)n3c2)c1. The summed E-state index contributed by atoms with van der Waals surface area (Å²) in [6.45, 7) is 4.35. The van der Waals surface area contributed by atoms with E-state index in [1.54, 1.807) is 32.2 Å². The van der Waals surface area contributed by atoms with E-state index in [9.17, 15) is 8.78 Å². The summed E-state index contributed by atoms with van der Waals surface area (Å²) in [5.41, 5.74) is 4.59. The molecule has 0 aliphatic heterocycles. The van der Waals surface area contributed by atoms with Crippen LogP contribution in [0.4, 0.5) is 20.2 Å². The van der Waals surface area contributed by atoms with Gasteiger partial charge >= 0.3 is 0 Å². The van der Waals surface area contributed by atoms with Gasteiger partial charge in [-0.25, -0.2) is 8.78 Å². The van der Waals surface area contributed by atoms with Crippen LogP contribution in [0.15, 0.2) is 66.9 Å². The molecule has 0 aliphatic rings. The Labute approximate surface area is 240 Å². The normalized spacial score (nSPS) is 11.0. The first-order valence-corrected chi connectivity index (χ1v) is 13.8. The summed E-state index contributed by atoms with van der Waals surface area (Å²) < 4.78 is 50.1. The first kappa shape index (κ1) is 28.0. The van der Waals surface area contributed by atoms with Gasteiger partial charge in [-0.2, -0.15) is 0 Å². The van der Waals surface area contributed by atoms with Crippen molar-refractivity contribution in [1.82, 2.24) is 14.6 Å². The molecule has 0 atom stereocenters. The van der Waals surface area contributed by atoms with Crippen molar-refractivity contribution in [1.29, 1.82) is 0 Å². The smallest absolute Gasteiger partial charge is 0.184 e. The lowest BCUT2D eigenvalue weighted by atomic mass is 10.0. The maximum Gasteiger partial charge on any atom is 0.184 e. The van der Waals surface area contributed by atoms with Crippen molar-refractivity contribution in [3.63, 3.8) is 0 Å². The number of nitrogens with one attached hydrogen (secondary N) is 2. The Balaban J connectivity index is 1.57. The molecule has 0 unspecified atom stereocenters. The van der Waals surface area contributed by atoms with Crippen molar-refractivity contribution in [2.45, 2.75) is 20.4 Å². The molecular formula is C30H29F2N5O3S. The third kappa shape index (κ3) is 6.14. The van der Waals surface area contributed by atoms with Crippen LogP contribution in [0.2, 0.25) is 0 Å². The van der Waals surface area contributed by atoms with E-state index in [4.69, 9.17) is 14.2 Å². The largest absolute Gasteiger partial charge is 0.497 e. The minimum absolute atomic E-state index is 0.0807. The van der Waals surface area contributed by atoms with Crippen molar-refractivity contribution in [2.24, 2.45) is 0 Å². The lowest BCUT2D eigenvalue weighted by molar-refractivity contribution is 0.391. The Morgan fingerprint density at radius 2 is 1.73 bits per heavy atom. The van der Waals surface area contributed by atoms with Crippen LogP contribution < -0.4 is 24.2 Å². The molecule has 2 heterocycles.